The van der Waals surface area contributed by atoms with Crippen molar-refractivity contribution >= 4 is 17.7 Å². The zero-order valence-electron chi connectivity index (χ0n) is 16.1. The van der Waals surface area contributed by atoms with Crippen molar-refractivity contribution in [3.8, 4) is 5.75 Å². The van der Waals surface area contributed by atoms with Crippen molar-refractivity contribution in [3.63, 3.8) is 0 Å². The predicted molar refractivity (Wildman–Crippen MR) is 109 cm³/mol. The third-order valence-electron chi connectivity index (χ3n) is 5.91. The van der Waals surface area contributed by atoms with E-state index in [-0.39, 0.29) is 17.7 Å². The predicted octanol–water partition coefficient (Wildman–Crippen LogP) is 3.06. The first-order chi connectivity index (χ1) is 14.0. The summed E-state index contributed by atoms with van der Waals surface area (Å²) in [6, 6.07) is 13.4. The molecule has 0 aromatic heterocycles. The minimum atomic E-state index is -0.882. The van der Waals surface area contributed by atoms with Crippen LogP contribution in [0.1, 0.15) is 40.2 Å². The van der Waals surface area contributed by atoms with E-state index in [1.54, 1.807) is 6.07 Å². The normalized spacial score (nSPS) is 21.2. The van der Waals surface area contributed by atoms with Crippen molar-refractivity contribution < 1.29 is 19.4 Å². The molecule has 2 amide bonds. The molecule has 2 heterocycles. The van der Waals surface area contributed by atoms with Gasteiger partial charge in [0.1, 0.15) is 5.75 Å². The summed E-state index contributed by atoms with van der Waals surface area (Å²) in [5.41, 5.74) is 9.33. The zero-order valence-corrected chi connectivity index (χ0v) is 16.1. The number of carbonyl (C=O) groups excluding carboxylic acids is 1. The molecule has 0 aliphatic carbocycles. The van der Waals surface area contributed by atoms with Gasteiger partial charge in [-0.2, -0.15) is 0 Å². The molecule has 7 heteroatoms. The smallest absolute Gasteiger partial charge is 0.407 e. The van der Waals surface area contributed by atoms with E-state index >= 15 is 0 Å². The van der Waals surface area contributed by atoms with Crippen molar-refractivity contribution in [2.75, 3.05) is 25.4 Å². The van der Waals surface area contributed by atoms with E-state index in [4.69, 9.17) is 10.5 Å². The number of ether oxygens (including phenoxy) is 1. The van der Waals surface area contributed by atoms with Gasteiger partial charge in [-0.3, -0.25) is 4.79 Å². The summed E-state index contributed by atoms with van der Waals surface area (Å²) in [6.45, 7) is 2.01. The Balaban J connectivity index is 1.52. The Kier molecular flexibility index (Phi) is 5.29. The molecule has 2 aliphatic heterocycles. The monoisotopic (exact) mass is 395 g/mol. The van der Waals surface area contributed by atoms with E-state index in [0.717, 1.165) is 17.5 Å². The summed E-state index contributed by atoms with van der Waals surface area (Å²) in [5.74, 6) is 0.927. The van der Waals surface area contributed by atoms with Crippen LogP contribution in [0.25, 0.3) is 0 Å². The Labute approximate surface area is 169 Å². The highest BCUT2D eigenvalue weighted by Gasteiger charge is 2.30. The number of carboxylic acid groups (broad SMARTS) is 1. The molecule has 7 nitrogen and oxygen atoms in total. The van der Waals surface area contributed by atoms with Crippen molar-refractivity contribution in [3.05, 3.63) is 59.2 Å². The molecule has 0 bridgehead atoms. The average molecular weight is 395 g/mol. The van der Waals surface area contributed by atoms with E-state index in [1.807, 2.05) is 36.4 Å². The van der Waals surface area contributed by atoms with Gasteiger partial charge >= 0.3 is 6.09 Å². The molecule has 29 heavy (non-hydrogen) atoms. The lowest BCUT2D eigenvalue weighted by atomic mass is 9.83. The molecule has 0 unspecified atom stereocenters. The first kappa shape index (κ1) is 19.1. The van der Waals surface area contributed by atoms with Gasteiger partial charge in [0.05, 0.1) is 6.61 Å². The number of hydrogen-bond donors (Lipinski definition) is 3. The van der Waals surface area contributed by atoms with Crippen LogP contribution in [0.2, 0.25) is 0 Å². The first-order valence-corrected chi connectivity index (χ1v) is 9.88. The van der Waals surface area contributed by atoms with Gasteiger partial charge in [0.15, 0.2) is 0 Å². The molecule has 1 fully saturated rings. The summed E-state index contributed by atoms with van der Waals surface area (Å²) in [4.78, 5) is 24.8. The van der Waals surface area contributed by atoms with Crippen molar-refractivity contribution in [2.45, 2.75) is 25.3 Å². The quantitative estimate of drug-likeness (QED) is 0.690. The Morgan fingerprint density at radius 2 is 1.93 bits per heavy atom. The largest absolute Gasteiger partial charge is 0.493 e. The topological polar surface area (TPSA) is 105 Å². The second-order valence-electron chi connectivity index (χ2n) is 7.69. The van der Waals surface area contributed by atoms with Gasteiger partial charge in [0, 0.05) is 36.8 Å². The van der Waals surface area contributed by atoms with Crippen LogP contribution >= 0.6 is 0 Å². The molecule has 0 radical (unpaired) electrons. The number of benzene rings is 2. The van der Waals surface area contributed by atoms with Crippen LogP contribution in [0.5, 0.6) is 5.75 Å². The molecule has 4 N–H and O–H groups in total. The van der Waals surface area contributed by atoms with Gasteiger partial charge in [-0.1, -0.05) is 18.2 Å². The van der Waals surface area contributed by atoms with Crippen LogP contribution in [0.4, 0.5) is 10.5 Å². The number of nitrogens with two attached hydrogens (primary N) is 1. The molecule has 1 saturated heterocycles. The van der Waals surface area contributed by atoms with Crippen LogP contribution in [0.15, 0.2) is 42.5 Å². The number of anilines is 1. The average Bonchev–Trinajstić information content (AvgIpc) is 2.95. The van der Waals surface area contributed by atoms with E-state index in [0.29, 0.717) is 49.7 Å². The Hall–Kier alpha value is -3.22. The first-order valence-electron chi connectivity index (χ1n) is 9.88. The third-order valence-corrected chi connectivity index (χ3v) is 5.91. The molecular weight excluding hydrogens is 370 g/mol. The number of fused-ring (bicyclic) bond motifs is 1. The zero-order chi connectivity index (χ0) is 20.4. The molecule has 4 rings (SSSR count). The van der Waals surface area contributed by atoms with Crippen LogP contribution in [-0.2, 0) is 6.54 Å². The standard InChI is InChI=1S/C22H25N3O4/c23-17-4-1-14(2-5-17)19-8-10-25(22(27)28)9-7-16(19)13-29-18-6-3-15-12-24-21(26)20(15)11-18/h1-6,11,16,19H,7-10,12-13,23H2,(H,24,26)(H,27,28)/t16-,19-/m1/s1. The Morgan fingerprint density at radius 3 is 2.69 bits per heavy atom. The minimum Gasteiger partial charge on any atom is -0.493 e. The number of rotatable bonds is 4. The van der Waals surface area contributed by atoms with E-state index in [9.17, 15) is 14.7 Å². The van der Waals surface area contributed by atoms with Crippen molar-refractivity contribution in [1.29, 1.82) is 0 Å². The van der Waals surface area contributed by atoms with Gasteiger partial charge in [-0.05, 0) is 54.2 Å². The Bertz CT molecular complexity index is 913. The number of hydrogen-bond acceptors (Lipinski definition) is 4. The molecular formula is C22H25N3O4. The number of carbonyl (C=O) groups is 2. The van der Waals surface area contributed by atoms with Crippen LogP contribution in [-0.4, -0.2) is 41.7 Å². The lowest BCUT2D eigenvalue weighted by molar-refractivity contribution is 0.0965. The summed E-state index contributed by atoms with van der Waals surface area (Å²) >= 11 is 0. The summed E-state index contributed by atoms with van der Waals surface area (Å²) < 4.78 is 6.08. The highest BCUT2D eigenvalue weighted by atomic mass is 16.5. The third kappa shape index (κ3) is 4.13. The number of nitrogen functional groups attached to an aromatic ring is 1. The molecule has 0 saturated carbocycles. The minimum absolute atomic E-state index is 0.0724. The van der Waals surface area contributed by atoms with Crippen molar-refractivity contribution in [1.82, 2.24) is 10.2 Å². The maximum absolute atomic E-state index is 11.9. The van der Waals surface area contributed by atoms with E-state index in [2.05, 4.69) is 5.32 Å². The number of likely N-dealkylation sites (tertiary alicyclic amines) is 1. The summed E-state index contributed by atoms with van der Waals surface area (Å²) in [6.07, 6.45) is 0.566. The van der Waals surface area contributed by atoms with E-state index in [1.165, 1.54) is 4.90 Å². The molecule has 152 valence electrons. The fourth-order valence-electron chi connectivity index (χ4n) is 4.22. The van der Waals surface area contributed by atoms with Crippen LogP contribution < -0.4 is 15.8 Å². The Morgan fingerprint density at radius 1 is 1.17 bits per heavy atom. The summed E-state index contributed by atoms with van der Waals surface area (Å²) in [7, 11) is 0. The fourth-order valence-corrected chi connectivity index (χ4v) is 4.22. The van der Waals surface area contributed by atoms with Crippen LogP contribution in [0.3, 0.4) is 0 Å². The maximum atomic E-state index is 11.9. The second-order valence-corrected chi connectivity index (χ2v) is 7.69. The number of nitrogens with one attached hydrogen (secondary N) is 1. The molecule has 0 spiro atoms. The SMILES string of the molecule is Nc1ccc([C@H]2CCN(C(=O)O)CC[C@@H]2COc2ccc3c(c2)C(=O)NC3)cc1. The maximum Gasteiger partial charge on any atom is 0.407 e. The number of nitrogens with zero attached hydrogens (tertiary/aromatic N) is 1. The van der Waals surface area contributed by atoms with Gasteiger partial charge in [-0.15, -0.1) is 0 Å². The molecule has 2 atom stereocenters. The molecule has 2 aromatic carbocycles. The lowest BCUT2D eigenvalue weighted by Gasteiger charge is -2.25. The van der Waals surface area contributed by atoms with Gasteiger partial charge in [-0.25, -0.2) is 4.79 Å². The second kappa shape index (κ2) is 8.03. The van der Waals surface area contributed by atoms with E-state index < -0.39 is 6.09 Å². The van der Waals surface area contributed by atoms with Crippen molar-refractivity contribution in [2.24, 2.45) is 5.92 Å². The van der Waals surface area contributed by atoms with Gasteiger partial charge < -0.3 is 25.8 Å². The molecule has 2 aromatic rings. The molecule has 2 aliphatic rings. The van der Waals surface area contributed by atoms with Gasteiger partial charge in [0.2, 0.25) is 0 Å². The van der Waals surface area contributed by atoms with Crippen LogP contribution in [0, 0.1) is 5.92 Å². The lowest BCUT2D eigenvalue weighted by Crippen LogP contribution is -2.30. The summed E-state index contributed by atoms with van der Waals surface area (Å²) in [5, 5.41) is 12.2. The highest BCUT2D eigenvalue weighted by Crippen LogP contribution is 2.34. The fraction of sp³-hybridized carbons (Fsp3) is 0.364. The number of amides is 2. The highest BCUT2D eigenvalue weighted by molar-refractivity contribution is 5.98. The van der Waals surface area contributed by atoms with Gasteiger partial charge in [0.25, 0.3) is 5.91 Å².